The molecule has 34 heavy (non-hydrogen) atoms. The van der Waals surface area contributed by atoms with E-state index in [1.807, 2.05) is 60.7 Å². The highest BCUT2D eigenvalue weighted by atomic mass is 16.2. The first-order chi connectivity index (χ1) is 16.6. The fourth-order valence-corrected chi connectivity index (χ4v) is 4.74. The van der Waals surface area contributed by atoms with E-state index in [4.69, 9.17) is 0 Å². The monoisotopic (exact) mass is 456 g/mol. The van der Waals surface area contributed by atoms with Gasteiger partial charge in [0.25, 0.3) is 5.91 Å². The Bertz CT molecular complexity index is 1080. The Morgan fingerprint density at radius 1 is 0.765 bits per heavy atom. The van der Waals surface area contributed by atoms with Crippen LogP contribution in [0.15, 0.2) is 79.1 Å². The van der Waals surface area contributed by atoms with Crippen molar-refractivity contribution in [1.29, 1.82) is 0 Å². The molecule has 3 aromatic rings. The molecular weight excluding hydrogens is 428 g/mol. The molecule has 0 atom stereocenters. The van der Waals surface area contributed by atoms with E-state index in [9.17, 15) is 9.59 Å². The number of anilines is 1. The third kappa shape index (κ3) is 4.63. The van der Waals surface area contributed by atoms with Gasteiger partial charge in [-0.1, -0.05) is 60.7 Å². The van der Waals surface area contributed by atoms with Crippen molar-refractivity contribution in [2.75, 3.05) is 37.7 Å². The molecule has 1 N–H and O–H groups in total. The van der Waals surface area contributed by atoms with Gasteiger partial charge in [0.2, 0.25) is 5.95 Å². The average molecular weight is 457 g/mol. The number of nitrogens with zero attached hydrogens (tertiary/aromatic N) is 5. The first-order valence-electron chi connectivity index (χ1n) is 11.6. The molecule has 2 fully saturated rings. The minimum Gasteiger partial charge on any atom is -0.338 e. The van der Waals surface area contributed by atoms with Crippen molar-refractivity contribution in [2.24, 2.45) is 0 Å². The van der Waals surface area contributed by atoms with Gasteiger partial charge in [-0.15, -0.1) is 0 Å². The average Bonchev–Trinajstić information content (AvgIpc) is 3.10. The molecule has 8 nitrogen and oxygen atoms in total. The van der Waals surface area contributed by atoms with E-state index >= 15 is 0 Å². The quantitative estimate of drug-likeness (QED) is 0.550. The van der Waals surface area contributed by atoms with Gasteiger partial charge in [-0.3, -0.25) is 9.69 Å². The van der Waals surface area contributed by atoms with Gasteiger partial charge in [-0.25, -0.2) is 19.7 Å². The maximum absolute atomic E-state index is 13.8. The number of urea groups is 1. The molecular formula is C26H28N6O2. The third-order valence-corrected chi connectivity index (χ3v) is 6.49. The number of hydrogen-bond donors (Lipinski definition) is 1. The highest BCUT2D eigenvalue weighted by Gasteiger charge is 2.51. The summed E-state index contributed by atoms with van der Waals surface area (Å²) >= 11 is 0. The van der Waals surface area contributed by atoms with Crippen LogP contribution in [0.5, 0.6) is 0 Å². The second-order valence-corrected chi connectivity index (χ2v) is 8.87. The number of amides is 3. The van der Waals surface area contributed by atoms with Crippen LogP contribution in [0.4, 0.5) is 10.7 Å². The van der Waals surface area contributed by atoms with Gasteiger partial charge in [0.1, 0.15) is 5.54 Å². The van der Waals surface area contributed by atoms with Gasteiger partial charge >= 0.3 is 6.03 Å². The van der Waals surface area contributed by atoms with Gasteiger partial charge in [0.15, 0.2) is 0 Å². The normalized spacial score (nSPS) is 18.2. The Labute approximate surface area is 199 Å². The summed E-state index contributed by atoms with van der Waals surface area (Å²) in [5.41, 5.74) is 1.04. The molecule has 2 saturated heterocycles. The molecule has 0 bridgehead atoms. The number of hydrogen-bond acceptors (Lipinski definition) is 6. The molecule has 174 valence electrons. The zero-order valence-electron chi connectivity index (χ0n) is 19.0. The first kappa shape index (κ1) is 22.0. The van der Waals surface area contributed by atoms with Gasteiger partial charge < -0.3 is 10.2 Å². The number of benzene rings is 2. The Morgan fingerprint density at radius 2 is 1.32 bits per heavy atom. The molecule has 3 amide bonds. The predicted molar refractivity (Wildman–Crippen MR) is 129 cm³/mol. The van der Waals surface area contributed by atoms with E-state index in [-0.39, 0.29) is 18.6 Å². The molecule has 5 rings (SSSR count). The lowest BCUT2D eigenvalue weighted by Gasteiger charge is -2.36. The number of carbonyl (C=O) groups excluding carboxylic acids is 2. The van der Waals surface area contributed by atoms with E-state index in [1.54, 1.807) is 18.5 Å². The van der Waals surface area contributed by atoms with Crippen LogP contribution >= 0.6 is 0 Å². The summed E-state index contributed by atoms with van der Waals surface area (Å²) in [6, 6.07) is 21.2. The lowest BCUT2D eigenvalue weighted by Crippen LogP contribution is -2.53. The summed E-state index contributed by atoms with van der Waals surface area (Å²) in [5.74, 6) is 0.543. The third-order valence-electron chi connectivity index (χ3n) is 6.49. The largest absolute Gasteiger partial charge is 0.338 e. The molecule has 2 aliphatic heterocycles. The summed E-state index contributed by atoms with van der Waals surface area (Å²) in [6.07, 6.45) is 4.37. The van der Waals surface area contributed by atoms with Crippen LogP contribution in [-0.4, -0.2) is 70.1 Å². The van der Waals surface area contributed by atoms with E-state index in [0.29, 0.717) is 18.8 Å². The summed E-state index contributed by atoms with van der Waals surface area (Å²) < 4.78 is 0. The predicted octanol–water partition coefficient (Wildman–Crippen LogP) is 2.33. The van der Waals surface area contributed by atoms with Gasteiger partial charge in [-0.2, -0.15) is 0 Å². The van der Waals surface area contributed by atoms with Crippen LogP contribution in [0, 0.1) is 0 Å². The maximum atomic E-state index is 13.8. The molecule has 0 radical (unpaired) electrons. The lowest BCUT2D eigenvalue weighted by atomic mass is 9.84. The molecule has 0 aliphatic carbocycles. The van der Waals surface area contributed by atoms with Crippen molar-refractivity contribution >= 4 is 17.9 Å². The van der Waals surface area contributed by atoms with E-state index in [0.717, 1.165) is 37.3 Å². The van der Waals surface area contributed by atoms with E-state index < -0.39 is 5.54 Å². The van der Waals surface area contributed by atoms with Crippen LogP contribution in [0.3, 0.4) is 0 Å². The molecule has 3 heterocycles. The van der Waals surface area contributed by atoms with Crippen molar-refractivity contribution in [3.63, 3.8) is 0 Å². The minimum absolute atomic E-state index is 0.168. The Kier molecular flexibility index (Phi) is 6.22. The standard InChI is InChI=1S/C26H28N6O2/c33-23-26(18-21-8-3-1-4-9-21,19-22-10-5-2-6-11-22)29-25(34)32(23)20-30-14-16-31(17-15-30)24-27-12-7-13-28-24/h1-13H,14-20H2,(H,29,34). The molecule has 1 aromatic heterocycles. The zero-order chi connectivity index (χ0) is 23.4. The van der Waals surface area contributed by atoms with Crippen LogP contribution < -0.4 is 10.2 Å². The van der Waals surface area contributed by atoms with Crippen molar-refractivity contribution < 1.29 is 9.59 Å². The number of imide groups is 1. The topological polar surface area (TPSA) is 81.7 Å². The van der Waals surface area contributed by atoms with Crippen LogP contribution in [0.1, 0.15) is 11.1 Å². The summed E-state index contributed by atoms with van der Waals surface area (Å²) in [6.45, 7) is 3.21. The van der Waals surface area contributed by atoms with Crippen molar-refractivity contribution in [2.45, 2.75) is 18.4 Å². The fourth-order valence-electron chi connectivity index (χ4n) is 4.74. The van der Waals surface area contributed by atoms with Crippen molar-refractivity contribution in [3.8, 4) is 0 Å². The van der Waals surface area contributed by atoms with E-state index in [1.165, 1.54) is 4.90 Å². The van der Waals surface area contributed by atoms with Crippen LogP contribution in [-0.2, 0) is 17.6 Å². The second kappa shape index (κ2) is 9.61. The number of piperazine rings is 1. The second-order valence-electron chi connectivity index (χ2n) is 8.87. The van der Waals surface area contributed by atoms with Crippen molar-refractivity contribution in [3.05, 3.63) is 90.3 Å². The first-order valence-corrected chi connectivity index (χ1v) is 11.6. The molecule has 2 aliphatic rings. The SMILES string of the molecule is O=C1NC(Cc2ccccc2)(Cc2ccccc2)C(=O)N1CN1CCN(c2ncccn2)CC1. The molecule has 2 aromatic carbocycles. The Hall–Kier alpha value is -3.78. The number of nitrogens with one attached hydrogen (secondary N) is 1. The maximum Gasteiger partial charge on any atom is 0.326 e. The highest BCUT2D eigenvalue weighted by Crippen LogP contribution is 2.27. The Balaban J connectivity index is 1.31. The fraction of sp³-hybridized carbons (Fsp3) is 0.308. The van der Waals surface area contributed by atoms with E-state index in [2.05, 4.69) is 25.1 Å². The number of rotatable bonds is 7. The zero-order valence-corrected chi connectivity index (χ0v) is 19.0. The molecule has 8 heteroatoms. The van der Waals surface area contributed by atoms with Crippen molar-refractivity contribution in [1.82, 2.24) is 25.1 Å². The van der Waals surface area contributed by atoms with Gasteiger partial charge in [0.05, 0.1) is 6.67 Å². The summed E-state index contributed by atoms with van der Waals surface area (Å²) in [7, 11) is 0. The lowest BCUT2D eigenvalue weighted by molar-refractivity contribution is -0.132. The highest BCUT2D eigenvalue weighted by molar-refractivity contribution is 6.07. The number of aromatic nitrogens is 2. The van der Waals surface area contributed by atoms with Crippen LogP contribution in [0.2, 0.25) is 0 Å². The molecule has 0 unspecified atom stereocenters. The minimum atomic E-state index is -1.00. The molecule has 0 saturated carbocycles. The Morgan fingerprint density at radius 3 is 1.88 bits per heavy atom. The smallest absolute Gasteiger partial charge is 0.326 e. The van der Waals surface area contributed by atoms with Gasteiger partial charge in [-0.05, 0) is 17.2 Å². The molecule has 0 spiro atoms. The summed E-state index contributed by atoms with van der Waals surface area (Å²) in [4.78, 5) is 41.1. The van der Waals surface area contributed by atoms with Crippen LogP contribution in [0.25, 0.3) is 0 Å². The van der Waals surface area contributed by atoms with Gasteiger partial charge in [0, 0.05) is 51.4 Å². The summed E-state index contributed by atoms with van der Waals surface area (Å²) in [5, 5.41) is 3.07. The number of carbonyl (C=O) groups is 2.